The van der Waals surface area contributed by atoms with E-state index in [-0.39, 0.29) is 0 Å². The van der Waals surface area contributed by atoms with Crippen LogP contribution in [0.2, 0.25) is 0 Å². The van der Waals surface area contributed by atoms with Crippen molar-refractivity contribution in [2.45, 2.75) is 0 Å². The smallest absolute Gasteiger partial charge is 0.0651 e. The molecular weight excluding hydrogens is 605 g/mol. The van der Waals surface area contributed by atoms with Gasteiger partial charge < -0.3 is 9.13 Å². The first-order valence-electron chi connectivity index (χ1n) is 30.6. The monoisotopic (exact) mass is 668 g/mol. The summed E-state index contributed by atoms with van der Waals surface area (Å²) in [6.07, 6.45) is 0. The molecule has 0 atom stereocenters. The van der Waals surface area contributed by atoms with Crippen LogP contribution in [0.4, 0.5) is 0 Å². The summed E-state index contributed by atoms with van der Waals surface area (Å²) in [6, 6.07) is -31.3. The molecule has 2 aromatic heterocycles. The minimum atomic E-state index is -1.11. The lowest BCUT2D eigenvalue weighted by Gasteiger charge is -2.11. The van der Waals surface area contributed by atoms with E-state index in [0.29, 0.717) is 9.13 Å². The first-order valence-corrected chi connectivity index (χ1v) is 14.6. The van der Waals surface area contributed by atoms with Gasteiger partial charge in [-0.15, -0.1) is 0 Å². The van der Waals surface area contributed by atoms with Crippen LogP contribution in [0, 0.1) is 0 Å². The van der Waals surface area contributed by atoms with Crippen molar-refractivity contribution in [2.24, 2.45) is 0 Å². The summed E-state index contributed by atoms with van der Waals surface area (Å²) in [5, 5.41) is -2.68. The van der Waals surface area contributed by atoms with E-state index in [0.717, 1.165) is 0 Å². The van der Waals surface area contributed by atoms with E-state index >= 15 is 0 Å². The van der Waals surface area contributed by atoms with Crippen LogP contribution in [0.3, 0.4) is 0 Å². The third kappa shape index (κ3) is 4.57. The highest BCUT2D eigenvalue weighted by Crippen LogP contribution is 2.39. The number of hydrogen-bond donors (Lipinski definition) is 0. The zero-order valence-electron chi connectivity index (χ0n) is 56.9. The van der Waals surface area contributed by atoms with Crippen molar-refractivity contribution in [3.8, 4) is 44.8 Å². The average Bonchev–Trinajstić information content (AvgIpc) is 1.87. The fourth-order valence-corrected chi connectivity index (χ4v) is 5.59. The first kappa shape index (κ1) is 10.9. The highest BCUT2D eigenvalue weighted by molar-refractivity contribution is 6.12. The number of nitrogens with zero attached hydrogens (tertiary/aromatic N) is 2. The Hall–Kier alpha value is -6.64. The normalized spacial score (nSPS) is 20.6. The van der Waals surface area contributed by atoms with E-state index in [1.165, 1.54) is 0 Å². The standard InChI is InChI=1S/C48H32N2/c1-3-12-33(13-4-1)35-22-26-39(27-23-35)49-45-20-9-7-18-41(45)43-31-37(24-28-47(43)49)38-25-29-48-44(32-38)42-19-8-10-21-46(42)50(48)40-17-11-16-36(30-40)34-14-5-2-6-15-34/h1-32H/i1D,2D,3D,4D,5D,6D,7D,8D,9D,10D,11D,12D,13D,14D,15D,16D,17D,18D,19D,20D,21D,22D,23D,24D,25D,26D,27D,28D,29D,30D,31D,32D. The van der Waals surface area contributed by atoms with Gasteiger partial charge in [-0.2, -0.15) is 0 Å². The molecule has 0 spiro atoms. The van der Waals surface area contributed by atoms with E-state index in [4.69, 9.17) is 30.2 Å². The Morgan fingerprint density at radius 3 is 1.24 bits per heavy atom. The molecule has 0 aliphatic rings. The van der Waals surface area contributed by atoms with Crippen molar-refractivity contribution in [2.75, 3.05) is 0 Å². The van der Waals surface area contributed by atoms with Gasteiger partial charge in [-0.25, -0.2) is 0 Å². The predicted molar refractivity (Wildman–Crippen MR) is 211 cm³/mol. The summed E-state index contributed by atoms with van der Waals surface area (Å²) in [6.45, 7) is 0. The zero-order chi connectivity index (χ0) is 60.9. The molecule has 0 amide bonds. The topological polar surface area (TPSA) is 9.86 Å². The van der Waals surface area contributed by atoms with Gasteiger partial charge in [0.1, 0.15) is 0 Å². The highest BCUT2D eigenvalue weighted by Gasteiger charge is 2.16. The molecule has 50 heavy (non-hydrogen) atoms. The first-order chi connectivity index (χ1) is 38.1. The lowest BCUT2D eigenvalue weighted by Crippen LogP contribution is -1.94. The molecule has 2 heterocycles. The molecule has 0 aliphatic carbocycles. The van der Waals surface area contributed by atoms with Crippen LogP contribution in [0.15, 0.2) is 193 Å². The second-order valence-electron chi connectivity index (χ2n) is 10.5. The number of hydrogen-bond acceptors (Lipinski definition) is 0. The predicted octanol–water partition coefficient (Wildman–Crippen LogP) is 12.9. The van der Waals surface area contributed by atoms with Gasteiger partial charge >= 0.3 is 0 Å². The van der Waals surface area contributed by atoms with E-state index < -0.39 is 282 Å². The van der Waals surface area contributed by atoms with Crippen molar-refractivity contribution in [3.05, 3.63) is 193 Å². The van der Waals surface area contributed by atoms with Crippen molar-refractivity contribution >= 4 is 43.6 Å². The Kier molecular flexibility index (Phi) is 2.52. The molecule has 0 aliphatic heterocycles. The summed E-state index contributed by atoms with van der Waals surface area (Å²) in [4.78, 5) is 0. The third-order valence-electron chi connectivity index (χ3n) is 7.74. The Balaban J connectivity index is 1.38. The molecule has 0 saturated heterocycles. The van der Waals surface area contributed by atoms with Crippen LogP contribution >= 0.6 is 0 Å². The van der Waals surface area contributed by atoms with Gasteiger partial charge in [-0.3, -0.25) is 0 Å². The fraction of sp³-hybridized carbons (Fsp3) is 0. The molecule has 234 valence electrons. The van der Waals surface area contributed by atoms with Crippen molar-refractivity contribution in [3.63, 3.8) is 0 Å². The fourth-order valence-electron chi connectivity index (χ4n) is 5.59. The molecule has 10 rings (SSSR count). The summed E-state index contributed by atoms with van der Waals surface area (Å²) >= 11 is 0. The highest BCUT2D eigenvalue weighted by atomic mass is 15.0. The SMILES string of the molecule is [2H]c1c([2H])c([2H])c(-c2c([2H])c([2H])c(-n3c4c([2H])c([2H])c([2H])c([2H])c4c4c([2H])c(-c5c([2H])c([2H])c6c(c5[2H])c5c([2H])c([2H])c([2H])c([2H])c5n6-c5c([2H])c([2H])c([2H])c(-c6c([2H])c([2H])c([2H])c([2H])c6[2H])c5[2H])c([2H])c([2H])c43)c([2H])c2[2H])c([2H])c1[2H]. The molecular formula is C48H32N2. The molecule has 0 N–H and O–H groups in total. The quantitative estimate of drug-likeness (QED) is 0.173. The second kappa shape index (κ2) is 11.5. The maximum absolute atomic E-state index is 9.88. The molecule has 2 heteroatoms. The van der Waals surface area contributed by atoms with Gasteiger partial charge in [-0.05, 0) is 93.8 Å². The van der Waals surface area contributed by atoms with Gasteiger partial charge in [-0.1, -0.05) is 133 Å². The molecule has 0 bridgehead atoms. The number of aromatic nitrogens is 2. The van der Waals surface area contributed by atoms with E-state index in [9.17, 15) is 13.7 Å². The van der Waals surface area contributed by atoms with Crippen LogP contribution in [0.5, 0.6) is 0 Å². The molecule has 10 aromatic rings. The summed E-state index contributed by atoms with van der Waals surface area (Å²) in [7, 11) is 0. The molecule has 0 radical (unpaired) electrons. The number of fused-ring (bicyclic) bond motifs is 6. The molecule has 0 saturated carbocycles. The Morgan fingerprint density at radius 1 is 0.260 bits per heavy atom. The minimum absolute atomic E-state index is 0.645. The van der Waals surface area contributed by atoms with Gasteiger partial charge in [0.2, 0.25) is 0 Å². The zero-order valence-corrected chi connectivity index (χ0v) is 24.9. The lowest BCUT2D eigenvalue weighted by atomic mass is 10.0. The van der Waals surface area contributed by atoms with Gasteiger partial charge in [0, 0.05) is 32.9 Å². The van der Waals surface area contributed by atoms with Crippen LogP contribution in [0.1, 0.15) is 43.9 Å². The summed E-state index contributed by atoms with van der Waals surface area (Å²) in [5.41, 5.74) is -9.56. The Bertz CT molecular complexity index is 4620. The van der Waals surface area contributed by atoms with Gasteiger partial charge in [0.15, 0.2) is 0 Å². The maximum Gasteiger partial charge on any atom is 0.0651 e. The van der Waals surface area contributed by atoms with E-state index in [1.807, 2.05) is 0 Å². The second-order valence-corrected chi connectivity index (χ2v) is 10.5. The average molecular weight is 669 g/mol. The largest absolute Gasteiger partial charge is 0.309 e. The Labute approximate surface area is 335 Å². The maximum atomic E-state index is 9.88. The van der Waals surface area contributed by atoms with Gasteiger partial charge in [0.25, 0.3) is 0 Å². The summed E-state index contributed by atoms with van der Waals surface area (Å²) in [5.74, 6) is 0. The third-order valence-corrected chi connectivity index (χ3v) is 7.74. The van der Waals surface area contributed by atoms with Crippen LogP contribution in [-0.4, -0.2) is 9.13 Å². The van der Waals surface area contributed by atoms with E-state index in [2.05, 4.69) is 0 Å². The number of para-hydroxylation sites is 2. The van der Waals surface area contributed by atoms with Gasteiger partial charge in [0.05, 0.1) is 65.9 Å². The van der Waals surface area contributed by atoms with Crippen LogP contribution in [-0.2, 0) is 0 Å². The molecule has 8 aromatic carbocycles. The van der Waals surface area contributed by atoms with Crippen molar-refractivity contribution in [1.82, 2.24) is 9.13 Å². The molecule has 2 nitrogen and oxygen atoms in total. The van der Waals surface area contributed by atoms with Crippen LogP contribution in [0.25, 0.3) is 88.4 Å². The minimum Gasteiger partial charge on any atom is -0.309 e. The van der Waals surface area contributed by atoms with Crippen LogP contribution < -0.4 is 0 Å². The lowest BCUT2D eigenvalue weighted by molar-refractivity contribution is 1.18. The summed E-state index contributed by atoms with van der Waals surface area (Å²) < 4.78 is 288. The number of benzene rings is 8. The Morgan fingerprint density at radius 2 is 0.660 bits per heavy atom. The molecule has 0 fully saturated rings. The molecule has 0 unspecified atom stereocenters. The number of rotatable bonds is 5. The van der Waals surface area contributed by atoms with E-state index in [1.54, 1.807) is 0 Å². The van der Waals surface area contributed by atoms with Crippen molar-refractivity contribution < 1.29 is 43.9 Å². The van der Waals surface area contributed by atoms with Crippen molar-refractivity contribution in [1.29, 1.82) is 0 Å².